The highest BCUT2D eigenvalue weighted by Gasteiger charge is 2.23. The number of carbonyl (C=O) groups is 1. The standard InChI is InChI=1S/C11H14BrNO4/c12-9-1-3-17-10(9)7-13-2-4-16-8(6-13)5-11(14)15/h1,3,8H,2,4-7H2,(H,14,15). The molecular weight excluding hydrogens is 290 g/mol. The average Bonchev–Trinajstić information content (AvgIpc) is 2.64. The Labute approximate surface area is 107 Å². The van der Waals surface area contributed by atoms with Crippen molar-refractivity contribution in [2.45, 2.75) is 19.1 Å². The smallest absolute Gasteiger partial charge is 0.306 e. The molecule has 1 fully saturated rings. The number of morpholine rings is 1. The molecule has 0 radical (unpaired) electrons. The Balaban J connectivity index is 1.89. The van der Waals surface area contributed by atoms with E-state index in [4.69, 9.17) is 14.3 Å². The van der Waals surface area contributed by atoms with Crippen molar-refractivity contribution in [1.29, 1.82) is 0 Å². The van der Waals surface area contributed by atoms with Crippen LogP contribution in [0, 0.1) is 0 Å². The Morgan fingerprint density at radius 3 is 3.12 bits per heavy atom. The van der Waals surface area contributed by atoms with E-state index in [1.165, 1.54) is 0 Å². The molecule has 0 spiro atoms. The Hall–Kier alpha value is -0.850. The molecule has 94 valence electrons. The summed E-state index contributed by atoms with van der Waals surface area (Å²) in [6, 6.07) is 1.85. The first-order chi connectivity index (χ1) is 8.15. The van der Waals surface area contributed by atoms with Crippen molar-refractivity contribution in [3.8, 4) is 0 Å². The summed E-state index contributed by atoms with van der Waals surface area (Å²) >= 11 is 3.40. The third-order valence-electron chi connectivity index (χ3n) is 2.68. The maximum Gasteiger partial charge on any atom is 0.306 e. The number of rotatable bonds is 4. The molecule has 1 unspecified atom stereocenters. The molecule has 0 aromatic carbocycles. The highest BCUT2D eigenvalue weighted by molar-refractivity contribution is 9.10. The molecule has 0 amide bonds. The van der Waals surface area contributed by atoms with Crippen LogP contribution < -0.4 is 0 Å². The summed E-state index contributed by atoms with van der Waals surface area (Å²) in [6.45, 7) is 2.66. The first-order valence-electron chi connectivity index (χ1n) is 5.43. The molecule has 1 aromatic rings. The monoisotopic (exact) mass is 303 g/mol. The van der Waals surface area contributed by atoms with Crippen molar-refractivity contribution in [2.75, 3.05) is 19.7 Å². The van der Waals surface area contributed by atoms with E-state index < -0.39 is 5.97 Å². The van der Waals surface area contributed by atoms with Gasteiger partial charge in [-0.25, -0.2) is 0 Å². The maximum atomic E-state index is 10.6. The third kappa shape index (κ3) is 3.55. The third-order valence-corrected chi connectivity index (χ3v) is 3.39. The fraction of sp³-hybridized carbons (Fsp3) is 0.545. The van der Waals surface area contributed by atoms with Crippen LogP contribution in [0.25, 0.3) is 0 Å². The van der Waals surface area contributed by atoms with Gasteiger partial charge in [-0.05, 0) is 22.0 Å². The van der Waals surface area contributed by atoms with Crippen LogP contribution in [0.4, 0.5) is 0 Å². The van der Waals surface area contributed by atoms with Gasteiger partial charge >= 0.3 is 5.97 Å². The lowest BCUT2D eigenvalue weighted by molar-refractivity contribution is -0.142. The minimum absolute atomic E-state index is 0.0514. The van der Waals surface area contributed by atoms with E-state index in [2.05, 4.69) is 20.8 Å². The topological polar surface area (TPSA) is 62.9 Å². The van der Waals surface area contributed by atoms with Crippen LogP contribution in [0.3, 0.4) is 0 Å². The molecule has 1 saturated heterocycles. The van der Waals surface area contributed by atoms with E-state index in [0.717, 1.165) is 16.8 Å². The molecule has 1 aliphatic heterocycles. The maximum absolute atomic E-state index is 10.6. The van der Waals surface area contributed by atoms with Crippen LogP contribution in [0.15, 0.2) is 21.2 Å². The number of ether oxygens (including phenoxy) is 1. The molecule has 5 nitrogen and oxygen atoms in total. The van der Waals surface area contributed by atoms with Gasteiger partial charge in [-0.3, -0.25) is 9.69 Å². The summed E-state index contributed by atoms with van der Waals surface area (Å²) in [7, 11) is 0. The van der Waals surface area contributed by atoms with Crippen molar-refractivity contribution >= 4 is 21.9 Å². The summed E-state index contributed by atoms with van der Waals surface area (Å²) < 4.78 is 11.7. The van der Waals surface area contributed by atoms with Crippen LogP contribution in [-0.4, -0.2) is 41.8 Å². The number of hydrogen-bond donors (Lipinski definition) is 1. The van der Waals surface area contributed by atoms with Crippen molar-refractivity contribution in [2.24, 2.45) is 0 Å². The summed E-state index contributed by atoms with van der Waals surface area (Å²) in [6.07, 6.45) is 1.46. The number of halogens is 1. The molecule has 1 atom stereocenters. The van der Waals surface area contributed by atoms with Crippen LogP contribution in [0.2, 0.25) is 0 Å². The molecule has 2 heterocycles. The minimum Gasteiger partial charge on any atom is -0.481 e. The Bertz CT molecular complexity index is 393. The van der Waals surface area contributed by atoms with Crippen LogP contribution in [0.5, 0.6) is 0 Å². The molecule has 0 bridgehead atoms. The van der Waals surface area contributed by atoms with Gasteiger partial charge in [-0.15, -0.1) is 0 Å². The largest absolute Gasteiger partial charge is 0.481 e. The highest BCUT2D eigenvalue weighted by Crippen LogP contribution is 2.20. The summed E-state index contributed by atoms with van der Waals surface area (Å²) in [5.41, 5.74) is 0. The first kappa shape index (κ1) is 12.6. The molecule has 1 aromatic heterocycles. The van der Waals surface area contributed by atoms with Gasteiger partial charge in [0, 0.05) is 13.1 Å². The van der Waals surface area contributed by atoms with E-state index in [0.29, 0.717) is 19.7 Å². The Morgan fingerprint density at radius 2 is 2.47 bits per heavy atom. The molecule has 17 heavy (non-hydrogen) atoms. The number of furan rings is 1. The average molecular weight is 304 g/mol. The van der Waals surface area contributed by atoms with Gasteiger partial charge in [0.15, 0.2) is 0 Å². The fourth-order valence-corrected chi connectivity index (χ4v) is 2.21. The van der Waals surface area contributed by atoms with Crippen LogP contribution >= 0.6 is 15.9 Å². The number of hydrogen-bond acceptors (Lipinski definition) is 4. The lowest BCUT2D eigenvalue weighted by atomic mass is 10.2. The quantitative estimate of drug-likeness (QED) is 0.917. The summed E-state index contributed by atoms with van der Waals surface area (Å²) in [5, 5.41) is 8.73. The van der Waals surface area contributed by atoms with Gasteiger partial charge < -0.3 is 14.3 Å². The SMILES string of the molecule is O=C(O)CC1CN(Cc2occc2Br)CCO1. The molecular formula is C11H14BrNO4. The minimum atomic E-state index is -0.823. The van der Waals surface area contributed by atoms with Gasteiger partial charge in [-0.1, -0.05) is 0 Å². The number of aliphatic carboxylic acids is 1. The normalized spacial score (nSPS) is 21.6. The van der Waals surface area contributed by atoms with Gasteiger partial charge in [0.2, 0.25) is 0 Å². The predicted molar refractivity (Wildman–Crippen MR) is 63.7 cm³/mol. The zero-order chi connectivity index (χ0) is 12.3. The number of nitrogens with zero attached hydrogens (tertiary/aromatic N) is 1. The van der Waals surface area contributed by atoms with Gasteiger partial charge in [-0.2, -0.15) is 0 Å². The lowest BCUT2D eigenvalue weighted by Crippen LogP contribution is -2.42. The Kier molecular flexibility index (Phi) is 4.20. The lowest BCUT2D eigenvalue weighted by Gasteiger charge is -2.31. The molecule has 2 rings (SSSR count). The second-order valence-electron chi connectivity index (χ2n) is 4.02. The second kappa shape index (κ2) is 5.66. The van der Waals surface area contributed by atoms with Crippen molar-refractivity contribution in [3.63, 3.8) is 0 Å². The zero-order valence-electron chi connectivity index (χ0n) is 9.26. The molecule has 0 aliphatic carbocycles. The zero-order valence-corrected chi connectivity index (χ0v) is 10.9. The van der Waals surface area contributed by atoms with E-state index in [9.17, 15) is 4.79 Å². The van der Waals surface area contributed by atoms with E-state index >= 15 is 0 Å². The van der Waals surface area contributed by atoms with Crippen molar-refractivity contribution in [1.82, 2.24) is 4.90 Å². The fourth-order valence-electron chi connectivity index (χ4n) is 1.88. The highest BCUT2D eigenvalue weighted by atomic mass is 79.9. The van der Waals surface area contributed by atoms with Crippen LogP contribution in [-0.2, 0) is 16.1 Å². The van der Waals surface area contributed by atoms with E-state index in [1.807, 2.05) is 6.07 Å². The molecule has 6 heteroatoms. The summed E-state index contributed by atoms with van der Waals surface area (Å²) in [5.74, 6) is 0.0389. The number of carboxylic acids is 1. The van der Waals surface area contributed by atoms with E-state index in [-0.39, 0.29) is 12.5 Å². The Morgan fingerprint density at radius 1 is 1.65 bits per heavy atom. The van der Waals surface area contributed by atoms with E-state index in [1.54, 1.807) is 6.26 Å². The van der Waals surface area contributed by atoms with Gasteiger partial charge in [0.25, 0.3) is 0 Å². The molecule has 1 N–H and O–H groups in total. The second-order valence-corrected chi connectivity index (χ2v) is 4.87. The van der Waals surface area contributed by atoms with Gasteiger partial charge in [0.05, 0.1) is 36.4 Å². The predicted octanol–water partition coefficient (Wildman–Crippen LogP) is 1.72. The first-order valence-corrected chi connectivity index (χ1v) is 6.22. The molecule has 1 aliphatic rings. The van der Waals surface area contributed by atoms with Crippen molar-refractivity contribution in [3.05, 3.63) is 22.6 Å². The summed E-state index contributed by atoms with van der Waals surface area (Å²) in [4.78, 5) is 12.8. The molecule has 0 saturated carbocycles. The number of carboxylic acid groups (broad SMARTS) is 1. The van der Waals surface area contributed by atoms with Gasteiger partial charge in [0.1, 0.15) is 5.76 Å². The van der Waals surface area contributed by atoms with Crippen LogP contribution in [0.1, 0.15) is 12.2 Å². The van der Waals surface area contributed by atoms with Crippen molar-refractivity contribution < 1.29 is 19.1 Å².